The van der Waals surface area contributed by atoms with Crippen LogP contribution in [0, 0.1) is 0 Å². The lowest BCUT2D eigenvalue weighted by Gasteiger charge is -2.09. The van der Waals surface area contributed by atoms with E-state index in [9.17, 15) is 4.79 Å². The molecular formula is C16H24O3. The molecule has 0 bridgehead atoms. The molecule has 0 radical (unpaired) electrons. The van der Waals surface area contributed by atoms with Crippen molar-refractivity contribution in [2.75, 3.05) is 6.61 Å². The Kier molecular flexibility index (Phi) is 7.71. The first-order valence-corrected chi connectivity index (χ1v) is 7.20. The number of ether oxygens (including phenoxy) is 2. The van der Waals surface area contributed by atoms with Gasteiger partial charge in [0.05, 0.1) is 6.61 Å². The molecule has 106 valence electrons. The number of carbonyl (C=O) groups excluding carboxylic acids is 1. The number of benzene rings is 1. The lowest BCUT2D eigenvalue weighted by Crippen LogP contribution is -2.12. The molecule has 0 unspecified atom stereocenters. The molecule has 1 aromatic carbocycles. The molecule has 0 aliphatic rings. The van der Waals surface area contributed by atoms with Crippen LogP contribution in [0.25, 0.3) is 0 Å². The first-order valence-electron chi connectivity index (χ1n) is 7.20. The van der Waals surface area contributed by atoms with Crippen molar-refractivity contribution in [3.8, 4) is 5.75 Å². The van der Waals surface area contributed by atoms with Crippen molar-refractivity contribution in [3.05, 3.63) is 29.8 Å². The highest BCUT2D eigenvalue weighted by atomic mass is 16.7. The highest BCUT2D eigenvalue weighted by Gasteiger charge is 2.09. The molecule has 0 spiro atoms. The molecular weight excluding hydrogens is 240 g/mol. The first kappa shape index (κ1) is 15.5. The monoisotopic (exact) mass is 264 g/mol. The van der Waals surface area contributed by atoms with Crippen molar-refractivity contribution in [1.82, 2.24) is 0 Å². The van der Waals surface area contributed by atoms with Crippen LogP contribution in [0.15, 0.2) is 24.3 Å². The van der Waals surface area contributed by atoms with Crippen molar-refractivity contribution >= 4 is 6.16 Å². The Bertz CT molecular complexity index is 374. The predicted molar refractivity (Wildman–Crippen MR) is 76.6 cm³/mol. The zero-order valence-corrected chi connectivity index (χ0v) is 12.0. The van der Waals surface area contributed by atoms with Gasteiger partial charge in [-0.1, -0.05) is 57.7 Å². The van der Waals surface area contributed by atoms with Crippen LogP contribution in [-0.4, -0.2) is 12.8 Å². The largest absolute Gasteiger partial charge is 0.513 e. The van der Waals surface area contributed by atoms with Gasteiger partial charge in [0, 0.05) is 0 Å². The maximum Gasteiger partial charge on any atom is 0.513 e. The van der Waals surface area contributed by atoms with E-state index in [1.54, 1.807) is 0 Å². The highest BCUT2D eigenvalue weighted by molar-refractivity contribution is 5.64. The van der Waals surface area contributed by atoms with Gasteiger partial charge in [0.25, 0.3) is 0 Å². The molecule has 0 fully saturated rings. The fourth-order valence-electron chi connectivity index (χ4n) is 1.88. The Labute approximate surface area is 115 Å². The van der Waals surface area contributed by atoms with Gasteiger partial charge in [-0.25, -0.2) is 4.79 Å². The standard InChI is InChI=1S/C16H24O3/c1-3-5-6-9-13-18-16(17)19-15-12-8-7-11-14(15)10-4-2/h7-8,11-12H,3-6,9-10,13H2,1-2H3. The highest BCUT2D eigenvalue weighted by Crippen LogP contribution is 2.20. The summed E-state index contributed by atoms with van der Waals surface area (Å²) in [5.74, 6) is 0.614. The van der Waals surface area contributed by atoms with Crippen molar-refractivity contribution in [1.29, 1.82) is 0 Å². The molecule has 3 heteroatoms. The summed E-state index contributed by atoms with van der Waals surface area (Å²) < 4.78 is 10.3. The van der Waals surface area contributed by atoms with E-state index < -0.39 is 6.16 Å². The summed E-state index contributed by atoms with van der Waals surface area (Å²) in [4.78, 5) is 11.6. The molecule has 0 saturated heterocycles. The Balaban J connectivity index is 2.35. The number of carbonyl (C=O) groups is 1. The van der Waals surface area contributed by atoms with Gasteiger partial charge >= 0.3 is 6.16 Å². The quantitative estimate of drug-likeness (QED) is 0.386. The minimum absolute atomic E-state index is 0.439. The van der Waals surface area contributed by atoms with E-state index in [1.165, 1.54) is 12.8 Å². The van der Waals surface area contributed by atoms with Crippen LogP contribution in [0.5, 0.6) is 5.75 Å². The summed E-state index contributed by atoms with van der Waals surface area (Å²) in [5.41, 5.74) is 1.05. The van der Waals surface area contributed by atoms with Crippen LogP contribution in [0.2, 0.25) is 0 Å². The molecule has 1 rings (SSSR count). The first-order chi connectivity index (χ1) is 9.27. The van der Waals surface area contributed by atoms with Gasteiger partial charge in [0.15, 0.2) is 0 Å². The summed E-state index contributed by atoms with van der Waals surface area (Å²) >= 11 is 0. The molecule has 0 saturated carbocycles. The topological polar surface area (TPSA) is 35.5 Å². The van der Waals surface area contributed by atoms with E-state index in [0.717, 1.165) is 31.2 Å². The van der Waals surface area contributed by atoms with Crippen molar-refractivity contribution < 1.29 is 14.3 Å². The minimum Gasteiger partial charge on any atom is -0.434 e. The lowest BCUT2D eigenvalue weighted by atomic mass is 10.1. The SMILES string of the molecule is CCCCCCOC(=O)Oc1ccccc1CCC. The third-order valence-electron chi connectivity index (χ3n) is 2.90. The number of para-hydroxylation sites is 1. The molecule has 0 amide bonds. The minimum atomic E-state index is -0.597. The van der Waals surface area contributed by atoms with Gasteiger partial charge in [-0.15, -0.1) is 0 Å². The van der Waals surface area contributed by atoms with Gasteiger partial charge in [0.2, 0.25) is 0 Å². The number of hydrogen-bond acceptors (Lipinski definition) is 3. The van der Waals surface area contributed by atoms with E-state index in [1.807, 2.05) is 24.3 Å². The Morgan fingerprint density at radius 1 is 1.05 bits per heavy atom. The smallest absolute Gasteiger partial charge is 0.434 e. The van der Waals surface area contributed by atoms with E-state index in [2.05, 4.69) is 13.8 Å². The number of aryl methyl sites for hydroxylation is 1. The number of rotatable bonds is 8. The second-order valence-corrected chi connectivity index (χ2v) is 4.62. The summed E-state index contributed by atoms with van der Waals surface area (Å²) in [5, 5.41) is 0. The Hall–Kier alpha value is -1.51. The van der Waals surface area contributed by atoms with Crippen LogP contribution in [0.1, 0.15) is 51.5 Å². The molecule has 1 aromatic rings. The molecule has 0 aromatic heterocycles. The summed E-state index contributed by atoms with van der Waals surface area (Å²) in [6.07, 6.45) is 5.68. The predicted octanol–water partition coefficient (Wildman–Crippen LogP) is 4.73. The van der Waals surface area contributed by atoms with Crippen molar-refractivity contribution in [2.45, 2.75) is 52.4 Å². The average molecular weight is 264 g/mol. The maximum atomic E-state index is 11.6. The Morgan fingerprint density at radius 3 is 2.58 bits per heavy atom. The van der Waals surface area contributed by atoms with Crippen LogP contribution < -0.4 is 4.74 Å². The fraction of sp³-hybridized carbons (Fsp3) is 0.562. The fourth-order valence-corrected chi connectivity index (χ4v) is 1.88. The molecule has 0 atom stereocenters. The van der Waals surface area contributed by atoms with E-state index in [4.69, 9.17) is 9.47 Å². The van der Waals surface area contributed by atoms with E-state index in [0.29, 0.717) is 12.4 Å². The van der Waals surface area contributed by atoms with Gasteiger partial charge in [-0.3, -0.25) is 0 Å². The third-order valence-corrected chi connectivity index (χ3v) is 2.90. The second-order valence-electron chi connectivity index (χ2n) is 4.62. The van der Waals surface area contributed by atoms with E-state index >= 15 is 0 Å². The Morgan fingerprint density at radius 2 is 1.84 bits per heavy atom. The molecule has 3 nitrogen and oxygen atoms in total. The normalized spacial score (nSPS) is 10.2. The number of unbranched alkanes of at least 4 members (excludes halogenated alkanes) is 3. The van der Waals surface area contributed by atoms with Gasteiger partial charge in [-0.2, -0.15) is 0 Å². The average Bonchev–Trinajstić information content (AvgIpc) is 2.41. The van der Waals surface area contributed by atoms with Crippen LogP contribution in [0.4, 0.5) is 4.79 Å². The lowest BCUT2D eigenvalue weighted by molar-refractivity contribution is 0.0970. The zero-order chi connectivity index (χ0) is 13.9. The van der Waals surface area contributed by atoms with Crippen LogP contribution in [0.3, 0.4) is 0 Å². The summed E-state index contributed by atoms with van der Waals surface area (Å²) in [7, 11) is 0. The van der Waals surface area contributed by atoms with Crippen LogP contribution >= 0.6 is 0 Å². The molecule has 19 heavy (non-hydrogen) atoms. The summed E-state index contributed by atoms with van der Waals surface area (Å²) in [6, 6.07) is 7.60. The maximum absolute atomic E-state index is 11.6. The second kappa shape index (κ2) is 9.42. The van der Waals surface area contributed by atoms with Crippen LogP contribution in [-0.2, 0) is 11.2 Å². The molecule has 0 heterocycles. The number of hydrogen-bond donors (Lipinski definition) is 0. The van der Waals surface area contributed by atoms with Crippen molar-refractivity contribution in [3.63, 3.8) is 0 Å². The van der Waals surface area contributed by atoms with Crippen molar-refractivity contribution in [2.24, 2.45) is 0 Å². The van der Waals surface area contributed by atoms with Gasteiger partial charge < -0.3 is 9.47 Å². The summed E-state index contributed by atoms with van der Waals surface area (Å²) in [6.45, 7) is 4.69. The van der Waals surface area contributed by atoms with E-state index in [-0.39, 0.29) is 0 Å². The molecule has 0 aliphatic carbocycles. The zero-order valence-electron chi connectivity index (χ0n) is 12.0. The van der Waals surface area contributed by atoms with Gasteiger partial charge in [0.1, 0.15) is 5.75 Å². The molecule has 0 aliphatic heterocycles. The molecule has 0 N–H and O–H groups in total. The van der Waals surface area contributed by atoms with Gasteiger partial charge in [-0.05, 0) is 24.5 Å². The third kappa shape index (κ3) is 6.27.